The molecule has 0 spiro atoms. The molecule has 7 nitrogen and oxygen atoms in total. The van der Waals surface area contributed by atoms with Crippen LogP contribution in [-0.2, 0) is 23.1 Å². The van der Waals surface area contributed by atoms with Gasteiger partial charge in [-0.25, -0.2) is 8.42 Å². The van der Waals surface area contributed by atoms with Crippen LogP contribution < -0.4 is 0 Å². The van der Waals surface area contributed by atoms with Crippen molar-refractivity contribution in [2.75, 3.05) is 19.6 Å². The second-order valence-corrected chi connectivity index (χ2v) is 12.1. The Hall–Kier alpha value is -3.07. The van der Waals surface area contributed by atoms with E-state index in [-0.39, 0.29) is 16.0 Å². The summed E-state index contributed by atoms with van der Waals surface area (Å²) in [5.41, 5.74) is 1.93. The number of hydrogen-bond acceptors (Lipinski definition) is 5. The molecule has 0 aliphatic carbocycles. The van der Waals surface area contributed by atoms with E-state index in [1.54, 1.807) is 0 Å². The number of rotatable bonds is 14. The van der Waals surface area contributed by atoms with Crippen LogP contribution in [-0.4, -0.2) is 42.2 Å². The lowest BCUT2D eigenvalue weighted by molar-refractivity contribution is -0.385. The van der Waals surface area contributed by atoms with E-state index in [4.69, 9.17) is 0 Å². The summed E-state index contributed by atoms with van der Waals surface area (Å²) in [6.07, 6.45) is 1.44. The standard InChI is InChI=1S/C29H37N3O4S/c1-4-19-31(37(35,36)28-17-11-16-27(21-28)32(33)34)24-29(2,3)18-20-30(22-25-12-7-5-8-13-25)23-26-14-9-6-10-15-26/h5-17,21H,4,18-20,22-24H2,1-3H3. The average Bonchev–Trinajstić information content (AvgIpc) is 2.88. The fraction of sp³-hybridized carbons (Fsp3) is 0.379. The van der Waals surface area contributed by atoms with Crippen molar-refractivity contribution in [1.82, 2.24) is 9.21 Å². The highest BCUT2D eigenvalue weighted by Gasteiger charge is 2.31. The van der Waals surface area contributed by atoms with Crippen LogP contribution in [0.3, 0.4) is 0 Å². The van der Waals surface area contributed by atoms with Crippen molar-refractivity contribution < 1.29 is 13.3 Å². The van der Waals surface area contributed by atoms with E-state index < -0.39 is 14.9 Å². The fourth-order valence-electron chi connectivity index (χ4n) is 4.35. The predicted octanol–water partition coefficient (Wildman–Crippen LogP) is 6.11. The predicted molar refractivity (Wildman–Crippen MR) is 148 cm³/mol. The first kappa shape index (κ1) is 28.5. The van der Waals surface area contributed by atoms with Gasteiger partial charge in [0.25, 0.3) is 5.69 Å². The Kier molecular flexibility index (Phi) is 9.97. The molecular weight excluding hydrogens is 486 g/mol. The van der Waals surface area contributed by atoms with Crippen molar-refractivity contribution in [2.24, 2.45) is 5.41 Å². The van der Waals surface area contributed by atoms with Gasteiger partial charge in [-0.05, 0) is 42.0 Å². The molecule has 0 unspecified atom stereocenters. The molecule has 0 aromatic heterocycles. The summed E-state index contributed by atoms with van der Waals surface area (Å²) in [6, 6.07) is 26.0. The van der Waals surface area contributed by atoms with Crippen molar-refractivity contribution in [1.29, 1.82) is 0 Å². The summed E-state index contributed by atoms with van der Waals surface area (Å²) < 4.78 is 28.5. The van der Waals surface area contributed by atoms with Crippen molar-refractivity contribution >= 4 is 15.7 Å². The second-order valence-electron chi connectivity index (χ2n) is 10.2. The maximum Gasteiger partial charge on any atom is 0.270 e. The highest BCUT2D eigenvalue weighted by Crippen LogP contribution is 2.28. The molecule has 3 aromatic rings. The van der Waals surface area contributed by atoms with Gasteiger partial charge in [0.15, 0.2) is 0 Å². The molecule has 0 bridgehead atoms. The first-order valence-corrected chi connectivity index (χ1v) is 14.1. The van der Waals surface area contributed by atoms with Gasteiger partial charge in [-0.2, -0.15) is 4.31 Å². The van der Waals surface area contributed by atoms with Crippen molar-refractivity contribution in [2.45, 2.75) is 51.6 Å². The van der Waals surface area contributed by atoms with E-state index >= 15 is 0 Å². The number of nitro benzene ring substituents is 1. The Bertz CT molecular complexity index is 1210. The van der Waals surface area contributed by atoms with Gasteiger partial charge in [0.1, 0.15) is 0 Å². The molecule has 0 amide bonds. The van der Waals surface area contributed by atoms with E-state index in [0.29, 0.717) is 19.5 Å². The highest BCUT2D eigenvalue weighted by atomic mass is 32.2. The van der Waals surface area contributed by atoms with E-state index in [9.17, 15) is 18.5 Å². The third kappa shape index (κ3) is 8.49. The minimum Gasteiger partial charge on any atom is -0.295 e. The summed E-state index contributed by atoms with van der Waals surface area (Å²) in [6.45, 7) is 9.19. The maximum atomic E-state index is 13.5. The molecule has 0 saturated heterocycles. The number of nitrogens with zero attached hydrogens (tertiary/aromatic N) is 3. The highest BCUT2D eigenvalue weighted by molar-refractivity contribution is 7.89. The van der Waals surface area contributed by atoms with Crippen LogP contribution in [0, 0.1) is 15.5 Å². The largest absolute Gasteiger partial charge is 0.295 e. The number of hydrogen-bond donors (Lipinski definition) is 0. The van der Waals surface area contributed by atoms with Crippen LogP contribution in [0.5, 0.6) is 0 Å². The number of sulfonamides is 1. The van der Waals surface area contributed by atoms with Crippen LogP contribution in [0.1, 0.15) is 44.7 Å². The van der Waals surface area contributed by atoms with Gasteiger partial charge < -0.3 is 0 Å². The van der Waals surface area contributed by atoms with E-state index in [0.717, 1.165) is 32.1 Å². The molecule has 3 aromatic carbocycles. The normalized spacial score (nSPS) is 12.2. The van der Waals surface area contributed by atoms with Crippen LogP contribution in [0.4, 0.5) is 5.69 Å². The van der Waals surface area contributed by atoms with Gasteiger partial charge in [-0.3, -0.25) is 15.0 Å². The quantitative estimate of drug-likeness (QED) is 0.188. The van der Waals surface area contributed by atoms with Crippen molar-refractivity contribution in [3.05, 3.63) is 106 Å². The lowest BCUT2D eigenvalue weighted by Crippen LogP contribution is -2.40. The number of benzene rings is 3. The minimum absolute atomic E-state index is 0.0410. The molecule has 0 aliphatic heterocycles. The Morgan fingerprint density at radius 1 is 0.838 bits per heavy atom. The molecule has 0 saturated carbocycles. The monoisotopic (exact) mass is 523 g/mol. The zero-order valence-corrected chi connectivity index (χ0v) is 22.7. The van der Waals surface area contributed by atoms with Crippen LogP contribution in [0.15, 0.2) is 89.8 Å². The molecule has 0 heterocycles. The average molecular weight is 524 g/mol. The Labute approximate surface area is 220 Å². The molecule has 0 fully saturated rings. The first-order chi connectivity index (χ1) is 17.6. The number of nitro groups is 1. The SMILES string of the molecule is CCCN(CC(C)(C)CCN(Cc1ccccc1)Cc1ccccc1)S(=O)(=O)c1cccc([N+](=O)[O-])c1. The third-order valence-electron chi connectivity index (χ3n) is 6.35. The minimum atomic E-state index is -3.87. The topological polar surface area (TPSA) is 83.8 Å². The Morgan fingerprint density at radius 2 is 1.41 bits per heavy atom. The van der Waals surface area contributed by atoms with Crippen molar-refractivity contribution in [3.63, 3.8) is 0 Å². The van der Waals surface area contributed by atoms with E-state index in [1.165, 1.54) is 33.6 Å². The van der Waals surface area contributed by atoms with Gasteiger partial charge >= 0.3 is 0 Å². The Balaban J connectivity index is 1.75. The smallest absolute Gasteiger partial charge is 0.270 e. The van der Waals surface area contributed by atoms with Crippen LogP contribution >= 0.6 is 0 Å². The summed E-state index contributed by atoms with van der Waals surface area (Å²) in [4.78, 5) is 13.0. The van der Waals surface area contributed by atoms with Crippen LogP contribution in [0.25, 0.3) is 0 Å². The van der Waals surface area contributed by atoms with Crippen LogP contribution in [0.2, 0.25) is 0 Å². The lowest BCUT2D eigenvalue weighted by atomic mass is 9.88. The zero-order valence-electron chi connectivity index (χ0n) is 21.9. The van der Waals surface area contributed by atoms with Gasteiger partial charge in [0, 0.05) is 38.3 Å². The lowest BCUT2D eigenvalue weighted by Gasteiger charge is -2.34. The molecule has 3 rings (SSSR count). The van der Waals surface area contributed by atoms with Gasteiger partial charge in [0.05, 0.1) is 9.82 Å². The van der Waals surface area contributed by atoms with Gasteiger partial charge in [-0.15, -0.1) is 0 Å². The zero-order chi connectivity index (χ0) is 26.9. The Morgan fingerprint density at radius 3 is 1.92 bits per heavy atom. The first-order valence-electron chi connectivity index (χ1n) is 12.7. The molecular formula is C29H37N3O4S. The fourth-order valence-corrected chi connectivity index (χ4v) is 6.12. The van der Waals surface area contributed by atoms with Gasteiger partial charge in [-0.1, -0.05) is 87.5 Å². The van der Waals surface area contributed by atoms with Gasteiger partial charge in [0.2, 0.25) is 10.0 Å². The molecule has 0 atom stereocenters. The summed E-state index contributed by atoms with van der Waals surface area (Å²) in [5.74, 6) is 0. The van der Waals surface area contributed by atoms with E-state index in [1.807, 2.05) is 43.3 Å². The molecule has 0 radical (unpaired) electrons. The molecule has 0 aliphatic rings. The van der Waals surface area contributed by atoms with E-state index in [2.05, 4.69) is 43.0 Å². The summed E-state index contributed by atoms with van der Waals surface area (Å²) in [5, 5.41) is 11.2. The number of non-ortho nitro benzene ring substituents is 1. The molecule has 8 heteroatoms. The second kappa shape index (κ2) is 12.9. The summed E-state index contributed by atoms with van der Waals surface area (Å²) in [7, 11) is -3.87. The molecule has 0 N–H and O–H groups in total. The maximum absolute atomic E-state index is 13.5. The molecule has 198 valence electrons. The molecule has 37 heavy (non-hydrogen) atoms. The van der Waals surface area contributed by atoms with Crippen molar-refractivity contribution in [3.8, 4) is 0 Å². The third-order valence-corrected chi connectivity index (χ3v) is 8.19. The summed E-state index contributed by atoms with van der Waals surface area (Å²) >= 11 is 0.